The monoisotopic (exact) mass is 1450 g/mol. The predicted molar refractivity (Wildman–Crippen MR) is 170 cm³/mol. The maximum absolute atomic E-state index is 12.0. The molecule has 5 nitrogen and oxygen atoms in total. The van der Waals surface area contributed by atoms with Gasteiger partial charge in [0, 0.05) is 6.61 Å². The third kappa shape index (κ3) is 85.4. The van der Waals surface area contributed by atoms with Crippen molar-refractivity contribution >= 4 is 36.5 Å². The van der Waals surface area contributed by atoms with Crippen LogP contribution in [0.4, 0.5) is 22.0 Å². The molecule has 16 heteroatoms. The molecule has 0 aliphatic rings. The summed E-state index contributed by atoms with van der Waals surface area (Å²) < 4.78 is 64.0. The first-order valence-corrected chi connectivity index (χ1v) is 21.6. The Bertz CT molecular complexity index is 565. The van der Waals surface area contributed by atoms with Crippen LogP contribution in [0, 0.1) is 32.4 Å². The van der Waals surface area contributed by atoms with E-state index in [4.69, 9.17) is 8.85 Å². The van der Waals surface area contributed by atoms with Gasteiger partial charge in [0.25, 0.3) is 6.43 Å². The maximum atomic E-state index is 12.0. The van der Waals surface area contributed by atoms with E-state index < -0.39 is 44.4 Å². The molecule has 0 aromatic carbocycles. The predicted octanol–water partition coefficient (Wildman–Crippen LogP) is 9.23. The molecule has 0 saturated carbocycles. The van der Waals surface area contributed by atoms with Gasteiger partial charge < -0.3 is 51.9 Å². The van der Waals surface area contributed by atoms with Crippen molar-refractivity contribution in [2.24, 2.45) is 10.8 Å². The second kappa shape index (κ2) is 30.0. The van der Waals surface area contributed by atoms with E-state index in [2.05, 4.69) is 81.6 Å². The Labute approximate surface area is 247 Å². The second-order valence-electron chi connectivity index (χ2n) is 13.6. The van der Waals surface area contributed by atoms with Crippen LogP contribution in [0.2, 0.25) is 50.9 Å². The van der Waals surface area contributed by atoms with Crippen molar-refractivity contribution in [3.05, 3.63) is 21.5 Å². The Hall–Kier alpha value is -3.48. The van der Waals surface area contributed by atoms with Gasteiger partial charge in [0.1, 0.15) is 18.4 Å². The van der Waals surface area contributed by atoms with Crippen LogP contribution >= 0.6 is 0 Å². The SMILES string of the molecule is CC(C)(C)C.CC(C)(C)C.C[Si](C=O)(C=O)CC[Si](C)(C)O[Si](C)(C)CCCOCC(F)F.F[C-](F)F.O.[CH3-].[CH3-].[Rf].[Rf].[Rf]. The first kappa shape index (κ1) is 67.3. The van der Waals surface area contributed by atoms with E-state index in [-0.39, 0.29) is 20.3 Å². The van der Waals surface area contributed by atoms with E-state index >= 15 is 0 Å². The minimum atomic E-state index is -3.08. The van der Waals surface area contributed by atoms with E-state index in [9.17, 15) is 31.5 Å². The van der Waals surface area contributed by atoms with Crippen molar-refractivity contribution in [1.29, 1.82) is 0 Å². The van der Waals surface area contributed by atoms with Crippen molar-refractivity contribution in [2.45, 2.75) is 119 Å². The standard InChI is InChI=1S/C14H30F2O4Si3.2C5H12.CF3.2CH3.H2O.3Rf/c1-21(2,8-6-7-19-11-14(15)16)20-22(3,4)9-10-23(5,12-17)13-18;2*1-5(2,3)4;2-1(3)4;;;;;;/h12-14H,6-11H2,1-5H3;2*1-4H3;;2*1H3;1H2;;;/q;;;3*-1;;;;. The molecule has 0 aliphatic heterocycles. The quantitative estimate of drug-likeness (QED) is 0.0606. The molecule has 0 aliphatic carbocycles. The molecule has 0 heterocycles. The second-order valence-corrected chi connectivity index (χ2v) is 26.5. The van der Waals surface area contributed by atoms with E-state index in [0.717, 1.165) is 23.9 Å². The van der Waals surface area contributed by atoms with Crippen LogP contribution in [0.3, 0.4) is 0 Å². The summed E-state index contributed by atoms with van der Waals surface area (Å²) in [6.07, 6.45) is -1.71. The third-order valence-electron chi connectivity index (χ3n) is 3.67. The molecular weight excluding hydrogens is 1380 g/mol. The van der Waals surface area contributed by atoms with E-state index in [1.165, 1.54) is 0 Å². The van der Waals surface area contributed by atoms with Crippen molar-refractivity contribution in [2.75, 3.05) is 13.2 Å². The molecule has 43 heavy (non-hydrogen) atoms. The Morgan fingerprint density at radius 1 is 0.698 bits per heavy atom. The van der Waals surface area contributed by atoms with E-state index in [0.29, 0.717) is 29.9 Å². The molecule has 0 amide bonds. The molecule has 0 spiro atoms. The zero-order valence-corrected chi connectivity index (χ0v) is 52.3. The number of rotatable bonds is 13. The summed E-state index contributed by atoms with van der Waals surface area (Å²) in [7, 11) is -6.26. The van der Waals surface area contributed by atoms with Crippen LogP contribution in [0.25, 0.3) is 0 Å². The minimum absolute atomic E-state index is 0. The first-order chi connectivity index (χ1) is 16.2. The summed E-state index contributed by atoms with van der Waals surface area (Å²) in [5, 5.41) is 0. The van der Waals surface area contributed by atoms with Gasteiger partial charge in [0.05, 0.1) is 0 Å². The summed E-state index contributed by atoms with van der Waals surface area (Å²) in [5.74, 6) is 1.68. The number of carbonyl (C=O) groups excluding carboxylic acids is 2. The van der Waals surface area contributed by atoms with Crippen LogP contribution in [-0.2, 0) is 18.4 Å². The van der Waals surface area contributed by atoms with Crippen LogP contribution in [0.15, 0.2) is 0 Å². The zero-order chi connectivity index (χ0) is 30.7. The van der Waals surface area contributed by atoms with Gasteiger partial charge >= 0.3 is 0 Å². The van der Waals surface area contributed by atoms with Crippen molar-refractivity contribution in [1.82, 2.24) is 0 Å². The summed E-state index contributed by atoms with van der Waals surface area (Å²) in [5.41, 5.74) is 1.00. The van der Waals surface area contributed by atoms with Gasteiger partial charge in [-0.2, -0.15) is 0 Å². The first-order valence-electron chi connectivity index (χ1n) is 12.5. The number of carbonyl (C=O) groups is 2. The molecule has 0 saturated heterocycles. The van der Waals surface area contributed by atoms with Crippen LogP contribution in [-0.4, -0.2) is 61.6 Å². The Morgan fingerprint density at radius 2 is 0.977 bits per heavy atom. The fourth-order valence-electron chi connectivity index (χ4n) is 2.34. The van der Waals surface area contributed by atoms with Gasteiger partial charge in [-0.05, 0) is 61.6 Å². The molecular formula is C27H62F5O5Rf3Si3-3. The van der Waals surface area contributed by atoms with Gasteiger partial charge in [-0.1, -0.05) is 61.9 Å². The van der Waals surface area contributed by atoms with Gasteiger partial charge in [0.2, 0.25) is 0 Å². The number of hydrogen-bond acceptors (Lipinski definition) is 4. The number of halogens is 5. The summed E-state index contributed by atoms with van der Waals surface area (Å²) in [6, 6.07) is 2.29. The third-order valence-corrected chi connectivity index (χ3v) is 14.0. The van der Waals surface area contributed by atoms with Crippen LogP contribution in [0.5, 0.6) is 0 Å². The molecule has 0 aromatic rings. The topological polar surface area (TPSA) is 84.1 Å². The maximum Gasteiger partial charge on any atom is 0.261 e. The summed E-state index contributed by atoms with van der Waals surface area (Å²) in [6.45, 7) is 24.5. The summed E-state index contributed by atoms with van der Waals surface area (Å²) in [4.78, 5) is 22.1. The van der Waals surface area contributed by atoms with Crippen molar-refractivity contribution in [3.8, 4) is 0 Å². The largest absolute Gasteiger partial charge is 0.456 e. The molecule has 0 atom stereocenters. The number of ether oxygens (including phenoxy) is 1. The van der Waals surface area contributed by atoms with Gasteiger partial charge in [-0.15, -0.1) is 0 Å². The Kier molecular flexibility index (Phi) is 46.9. The zero-order valence-electron chi connectivity index (χ0n) is 30.1. The molecule has 0 aromatic heterocycles. The van der Waals surface area contributed by atoms with Crippen LogP contribution < -0.4 is 0 Å². The number of hydrogen-bond donors (Lipinski definition) is 0. The minimum Gasteiger partial charge on any atom is -0.456 e. The summed E-state index contributed by atoms with van der Waals surface area (Å²) >= 11 is 0. The van der Waals surface area contributed by atoms with Gasteiger partial charge in [-0.25, -0.2) is 8.78 Å². The molecule has 0 fully saturated rings. The molecule has 0 radical (unpaired) electrons. The molecule has 0 unspecified atom stereocenters. The van der Waals surface area contributed by atoms with E-state index in [1.807, 2.05) is 0 Å². The number of alkyl halides is 2. The molecule has 0 rings (SSSR count). The molecule has 0 bridgehead atoms. The fourth-order valence-corrected chi connectivity index (χ4v) is 15.0. The Balaban J connectivity index is -0.0000000572. The van der Waals surface area contributed by atoms with Crippen LogP contribution in [0.1, 0.15) is 61.8 Å². The Morgan fingerprint density at radius 3 is 1.23 bits per heavy atom. The molecule has 256 valence electrons. The van der Waals surface area contributed by atoms with Crippen molar-refractivity contribution in [3.63, 3.8) is 0 Å². The smallest absolute Gasteiger partial charge is 0.261 e. The van der Waals surface area contributed by atoms with Crippen molar-refractivity contribution < 1.29 is 45.9 Å². The van der Waals surface area contributed by atoms with Gasteiger partial charge in [-0.3, -0.25) is 0 Å². The molecule has 2 N–H and O–H groups in total. The fraction of sp³-hybridized carbons (Fsp3) is 0.815. The normalized spacial score (nSPS) is 10.8. The average Bonchev–Trinajstić information content (AvgIpc) is 2.61. The van der Waals surface area contributed by atoms with E-state index in [1.54, 1.807) is 6.55 Å². The van der Waals surface area contributed by atoms with Gasteiger partial charge in [0.15, 0.2) is 31.4 Å². The average molecular weight is 1450 g/mol.